The second-order valence-corrected chi connectivity index (χ2v) is 10.1. The highest BCUT2D eigenvalue weighted by Gasteiger charge is 2.27. The molecule has 1 N–H and O–H groups in total. The molecule has 0 spiro atoms. The van der Waals surface area contributed by atoms with Crippen LogP contribution in [-0.4, -0.2) is 33.1 Å². The average molecular weight is 528 g/mol. The van der Waals surface area contributed by atoms with E-state index in [4.69, 9.17) is 4.74 Å². The molecule has 4 rings (SSSR count). The minimum absolute atomic E-state index is 0.0740. The summed E-state index contributed by atoms with van der Waals surface area (Å²) in [4.78, 5) is 24.9. The summed E-state index contributed by atoms with van der Waals surface area (Å²) in [7, 11) is -3.99. The van der Waals surface area contributed by atoms with E-state index in [0.717, 1.165) is 9.87 Å². The van der Waals surface area contributed by atoms with Crippen LogP contribution in [0.1, 0.15) is 21.5 Å². The van der Waals surface area contributed by atoms with Gasteiger partial charge in [0.1, 0.15) is 12.3 Å². The molecule has 0 aliphatic carbocycles. The molecule has 0 saturated heterocycles. The van der Waals surface area contributed by atoms with Gasteiger partial charge in [-0.3, -0.25) is 9.10 Å². The van der Waals surface area contributed by atoms with E-state index in [2.05, 4.69) is 10.5 Å². The lowest BCUT2D eigenvalue weighted by molar-refractivity contribution is -0.119. The van der Waals surface area contributed by atoms with Gasteiger partial charge in [0.2, 0.25) is 0 Å². The summed E-state index contributed by atoms with van der Waals surface area (Å²) >= 11 is 0. The number of esters is 1. The van der Waals surface area contributed by atoms with Gasteiger partial charge in [-0.05, 0) is 73.2 Å². The fraction of sp³-hybridized carbons (Fsp3) is 0.0690. The van der Waals surface area contributed by atoms with Crippen molar-refractivity contribution in [2.24, 2.45) is 5.10 Å². The molecule has 4 aromatic rings. The summed E-state index contributed by atoms with van der Waals surface area (Å²) in [5.41, 5.74) is 4.77. The molecule has 0 radical (unpaired) electrons. The zero-order chi connectivity index (χ0) is 27.0. The molecule has 1 amide bonds. The molecule has 0 aliphatic rings. The van der Waals surface area contributed by atoms with Crippen molar-refractivity contribution >= 4 is 33.8 Å². The summed E-state index contributed by atoms with van der Waals surface area (Å²) in [6.07, 6.45) is 1.41. The Labute approximate surface area is 221 Å². The lowest BCUT2D eigenvalue weighted by Crippen LogP contribution is -2.39. The highest BCUT2D eigenvalue weighted by molar-refractivity contribution is 7.92. The molecule has 0 bridgehead atoms. The Bertz CT molecular complexity index is 1520. The Morgan fingerprint density at radius 2 is 1.45 bits per heavy atom. The van der Waals surface area contributed by atoms with Crippen LogP contribution in [0.3, 0.4) is 0 Å². The minimum atomic E-state index is -3.99. The van der Waals surface area contributed by atoms with Gasteiger partial charge in [0.25, 0.3) is 15.9 Å². The van der Waals surface area contributed by atoms with Crippen molar-refractivity contribution in [1.82, 2.24) is 5.43 Å². The van der Waals surface area contributed by atoms with Gasteiger partial charge in [-0.1, -0.05) is 54.1 Å². The first kappa shape index (κ1) is 26.3. The fourth-order valence-electron chi connectivity index (χ4n) is 3.45. The van der Waals surface area contributed by atoms with Crippen LogP contribution in [0.4, 0.5) is 5.69 Å². The number of rotatable bonds is 9. The monoisotopic (exact) mass is 527 g/mol. The van der Waals surface area contributed by atoms with E-state index in [1.54, 1.807) is 91.0 Å². The van der Waals surface area contributed by atoms with Crippen LogP contribution < -0.4 is 14.5 Å². The summed E-state index contributed by atoms with van der Waals surface area (Å²) in [5.74, 6) is -0.725. The maximum absolute atomic E-state index is 13.3. The smallest absolute Gasteiger partial charge is 0.343 e. The number of hydrogen-bond acceptors (Lipinski definition) is 6. The van der Waals surface area contributed by atoms with Gasteiger partial charge in [0.15, 0.2) is 0 Å². The number of nitrogens with one attached hydrogen (secondary N) is 1. The normalized spacial score (nSPS) is 11.2. The zero-order valence-corrected chi connectivity index (χ0v) is 21.3. The molecule has 0 unspecified atom stereocenters. The molecule has 0 aliphatic heterocycles. The number of amides is 1. The van der Waals surface area contributed by atoms with Crippen molar-refractivity contribution in [3.05, 3.63) is 126 Å². The van der Waals surface area contributed by atoms with Crippen molar-refractivity contribution < 1.29 is 22.7 Å². The predicted octanol–water partition coefficient (Wildman–Crippen LogP) is 4.56. The van der Waals surface area contributed by atoms with Crippen molar-refractivity contribution in [2.75, 3.05) is 10.8 Å². The van der Waals surface area contributed by atoms with Crippen molar-refractivity contribution in [3.8, 4) is 5.75 Å². The SMILES string of the molecule is Cc1ccc(N(CC(=O)N/N=C\c2ccc(OC(=O)c3ccccc3)cc2)S(=O)(=O)c2ccccc2)cc1. The lowest BCUT2D eigenvalue weighted by Gasteiger charge is -2.23. The van der Waals surface area contributed by atoms with Crippen molar-refractivity contribution in [3.63, 3.8) is 0 Å². The first-order valence-corrected chi connectivity index (χ1v) is 13.1. The number of carbonyl (C=O) groups excluding carboxylic acids is 2. The van der Waals surface area contributed by atoms with Crippen LogP contribution in [0.2, 0.25) is 0 Å². The van der Waals surface area contributed by atoms with Crippen LogP contribution in [0.15, 0.2) is 119 Å². The number of benzene rings is 4. The largest absolute Gasteiger partial charge is 0.423 e. The van der Waals surface area contributed by atoms with Crippen LogP contribution in [-0.2, 0) is 14.8 Å². The third-order valence-corrected chi connectivity index (χ3v) is 7.23. The highest BCUT2D eigenvalue weighted by atomic mass is 32.2. The van der Waals surface area contributed by atoms with Crippen LogP contribution in [0.5, 0.6) is 5.75 Å². The van der Waals surface area contributed by atoms with Gasteiger partial charge in [-0.2, -0.15) is 5.10 Å². The summed E-state index contributed by atoms with van der Waals surface area (Å²) in [5, 5.41) is 3.94. The number of aryl methyl sites for hydroxylation is 1. The van der Waals surface area contributed by atoms with Gasteiger partial charge in [0, 0.05) is 0 Å². The molecule has 192 valence electrons. The molecule has 0 heterocycles. The van der Waals surface area contributed by atoms with E-state index >= 15 is 0 Å². The summed E-state index contributed by atoms with van der Waals surface area (Å²) < 4.78 is 33.0. The Hall–Kier alpha value is -4.76. The van der Waals surface area contributed by atoms with Gasteiger partial charge >= 0.3 is 5.97 Å². The number of nitrogens with zero attached hydrogens (tertiary/aromatic N) is 2. The van der Waals surface area contributed by atoms with E-state index in [9.17, 15) is 18.0 Å². The van der Waals surface area contributed by atoms with Crippen molar-refractivity contribution in [1.29, 1.82) is 0 Å². The number of sulfonamides is 1. The third kappa shape index (κ3) is 6.71. The highest BCUT2D eigenvalue weighted by Crippen LogP contribution is 2.24. The van der Waals surface area contributed by atoms with E-state index in [0.29, 0.717) is 22.6 Å². The molecular weight excluding hydrogens is 502 g/mol. The van der Waals surface area contributed by atoms with Gasteiger partial charge in [-0.25, -0.2) is 18.6 Å². The van der Waals surface area contributed by atoms with Gasteiger partial charge < -0.3 is 4.74 Å². The molecule has 8 nitrogen and oxygen atoms in total. The number of anilines is 1. The van der Waals surface area contributed by atoms with Crippen molar-refractivity contribution in [2.45, 2.75) is 11.8 Å². The lowest BCUT2D eigenvalue weighted by atomic mass is 10.2. The summed E-state index contributed by atoms with van der Waals surface area (Å²) in [6.45, 7) is 1.42. The molecular formula is C29H25N3O5S. The van der Waals surface area contributed by atoms with E-state index < -0.39 is 28.4 Å². The quantitative estimate of drug-likeness (QED) is 0.149. The first-order valence-electron chi connectivity index (χ1n) is 11.7. The predicted molar refractivity (Wildman–Crippen MR) is 146 cm³/mol. The standard InChI is InChI=1S/C29H25N3O5S/c1-22-12-16-25(17-13-22)32(38(35,36)27-10-6-3-7-11-27)21-28(33)31-30-20-23-14-18-26(19-15-23)37-29(34)24-8-4-2-5-9-24/h2-20H,21H2,1H3,(H,31,33)/b30-20-. The number of hydrazone groups is 1. The number of hydrogen-bond donors (Lipinski definition) is 1. The zero-order valence-electron chi connectivity index (χ0n) is 20.5. The van der Waals surface area contributed by atoms with E-state index in [1.165, 1.54) is 18.3 Å². The topological polar surface area (TPSA) is 105 Å². The molecule has 0 saturated carbocycles. The van der Waals surface area contributed by atoms with Gasteiger partial charge in [-0.15, -0.1) is 0 Å². The van der Waals surface area contributed by atoms with Crippen LogP contribution >= 0.6 is 0 Å². The minimum Gasteiger partial charge on any atom is -0.423 e. The molecule has 0 aromatic heterocycles. The second-order valence-electron chi connectivity index (χ2n) is 8.28. The Kier molecular flexibility index (Phi) is 8.30. The maximum Gasteiger partial charge on any atom is 0.343 e. The van der Waals surface area contributed by atoms with Crippen LogP contribution in [0, 0.1) is 6.92 Å². The Morgan fingerprint density at radius 1 is 0.842 bits per heavy atom. The molecule has 4 aromatic carbocycles. The third-order valence-electron chi connectivity index (χ3n) is 5.44. The van der Waals surface area contributed by atoms with Gasteiger partial charge in [0.05, 0.1) is 22.4 Å². The van der Waals surface area contributed by atoms with E-state index in [1.807, 2.05) is 13.0 Å². The summed E-state index contributed by atoms with van der Waals surface area (Å²) in [6, 6.07) is 30.0. The maximum atomic E-state index is 13.3. The Balaban J connectivity index is 1.41. The fourth-order valence-corrected chi connectivity index (χ4v) is 4.89. The molecule has 0 fully saturated rings. The van der Waals surface area contributed by atoms with Crippen LogP contribution in [0.25, 0.3) is 0 Å². The first-order chi connectivity index (χ1) is 18.3. The van der Waals surface area contributed by atoms with E-state index in [-0.39, 0.29) is 4.90 Å². The Morgan fingerprint density at radius 3 is 2.08 bits per heavy atom. The number of ether oxygens (including phenoxy) is 1. The molecule has 9 heteroatoms. The number of carbonyl (C=O) groups is 2. The molecule has 38 heavy (non-hydrogen) atoms. The average Bonchev–Trinajstić information content (AvgIpc) is 2.94. The molecule has 0 atom stereocenters. The second kappa shape index (κ2) is 12.0.